The molecule has 0 amide bonds. The van der Waals surface area contributed by atoms with Gasteiger partial charge in [-0.1, -0.05) is 11.6 Å². The number of nitrogen functional groups attached to an aromatic ring is 1. The summed E-state index contributed by atoms with van der Waals surface area (Å²) < 4.78 is 2.27. The molecule has 0 aliphatic heterocycles. The molecule has 0 bridgehead atoms. The van der Waals surface area contributed by atoms with E-state index in [0.717, 1.165) is 4.60 Å². The van der Waals surface area contributed by atoms with Crippen LogP contribution in [0.5, 0.6) is 0 Å². The molecule has 0 radical (unpaired) electrons. The monoisotopic (exact) mass is 246 g/mol. The molecular weight excluding hydrogens is 243 g/mol. The van der Waals surface area contributed by atoms with E-state index in [4.69, 9.17) is 17.3 Å². The molecule has 0 aromatic carbocycles. The molecule has 4 nitrogen and oxygen atoms in total. The van der Waals surface area contributed by atoms with Gasteiger partial charge in [0.1, 0.15) is 4.60 Å². The van der Waals surface area contributed by atoms with Gasteiger partial charge in [-0.05, 0) is 15.9 Å². The number of anilines is 1. The van der Waals surface area contributed by atoms with Crippen LogP contribution in [-0.4, -0.2) is 14.6 Å². The van der Waals surface area contributed by atoms with Gasteiger partial charge in [0.25, 0.3) is 0 Å². The summed E-state index contributed by atoms with van der Waals surface area (Å²) in [4.78, 5) is 4.03. The fourth-order valence-corrected chi connectivity index (χ4v) is 1.48. The maximum atomic E-state index is 5.69. The molecule has 62 valence electrons. The molecule has 2 heterocycles. The van der Waals surface area contributed by atoms with E-state index in [-0.39, 0.29) is 0 Å². The molecule has 0 spiro atoms. The molecule has 0 aliphatic carbocycles. The van der Waals surface area contributed by atoms with E-state index < -0.39 is 0 Å². The number of halogens is 2. The van der Waals surface area contributed by atoms with Crippen LogP contribution in [0.4, 0.5) is 5.69 Å². The Bertz CT molecular complexity index is 438. The predicted molar refractivity (Wildman–Crippen MR) is 50.1 cm³/mol. The summed E-state index contributed by atoms with van der Waals surface area (Å²) in [6, 6.07) is 1.57. The van der Waals surface area contributed by atoms with Crippen molar-refractivity contribution in [3.8, 4) is 0 Å². The zero-order valence-corrected chi connectivity index (χ0v) is 8.17. The van der Waals surface area contributed by atoms with Crippen molar-refractivity contribution in [2.45, 2.75) is 0 Å². The average molecular weight is 247 g/mol. The van der Waals surface area contributed by atoms with Crippen molar-refractivity contribution in [1.29, 1.82) is 0 Å². The van der Waals surface area contributed by atoms with E-state index in [9.17, 15) is 0 Å². The minimum atomic E-state index is 0.346. The van der Waals surface area contributed by atoms with Gasteiger partial charge in [-0.15, -0.1) is 0 Å². The number of fused-ring (bicyclic) bond motifs is 1. The highest BCUT2D eigenvalue weighted by Gasteiger charge is 2.05. The van der Waals surface area contributed by atoms with Gasteiger partial charge in [0.15, 0.2) is 10.8 Å². The zero-order chi connectivity index (χ0) is 8.72. The van der Waals surface area contributed by atoms with Crippen molar-refractivity contribution >= 4 is 38.9 Å². The number of imidazole rings is 1. The first kappa shape index (κ1) is 7.82. The second-order valence-electron chi connectivity index (χ2n) is 2.24. The van der Waals surface area contributed by atoms with E-state index in [0.29, 0.717) is 16.5 Å². The summed E-state index contributed by atoms with van der Waals surface area (Å²) in [7, 11) is 0. The molecule has 0 aliphatic rings. The molecule has 0 atom stereocenters. The summed E-state index contributed by atoms with van der Waals surface area (Å²) in [6.07, 6.45) is 1.62. The van der Waals surface area contributed by atoms with Crippen LogP contribution in [0.1, 0.15) is 0 Å². The Labute approximate surface area is 81.5 Å². The van der Waals surface area contributed by atoms with Crippen LogP contribution in [0.3, 0.4) is 0 Å². The minimum Gasteiger partial charge on any atom is -0.396 e. The Hall–Kier alpha value is -0.810. The lowest BCUT2D eigenvalue weighted by molar-refractivity contribution is 0.918. The molecule has 12 heavy (non-hydrogen) atoms. The van der Waals surface area contributed by atoms with Gasteiger partial charge in [0.05, 0.1) is 11.9 Å². The second kappa shape index (κ2) is 2.60. The fraction of sp³-hybridized carbons (Fsp3) is 0. The maximum absolute atomic E-state index is 5.69. The smallest absolute Gasteiger partial charge is 0.178 e. The van der Waals surface area contributed by atoms with Crippen LogP contribution in [0.15, 0.2) is 16.9 Å². The third kappa shape index (κ3) is 1.05. The van der Waals surface area contributed by atoms with E-state index in [1.165, 1.54) is 4.52 Å². The van der Waals surface area contributed by atoms with Gasteiger partial charge in [-0.3, -0.25) is 0 Å². The Morgan fingerprint density at radius 2 is 2.33 bits per heavy atom. The number of aromatic nitrogens is 3. The highest BCUT2D eigenvalue weighted by atomic mass is 79.9. The van der Waals surface area contributed by atoms with Gasteiger partial charge < -0.3 is 5.73 Å². The second-order valence-corrected chi connectivity index (χ2v) is 3.44. The van der Waals surface area contributed by atoms with Gasteiger partial charge in [0, 0.05) is 6.07 Å². The molecule has 2 rings (SSSR count). The lowest BCUT2D eigenvalue weighted by atomic mass is 10.5. The molecule has 0 saturated heterocycles. The molecular formula is C6H4BrClN4. The van der Waals surface area contributed by atoms with E-state index in [1.54, 1.807) is 12.3 Å². The Balaban J connectivity index is 2.92. The summed E-state index contributed by atoms with van der Waals surface area (Å²) >= 11 is 8.95. The maximum Gasteiger partial charge on any atom is 0.178 e. The molecule has 2 N–H and O–H groups in total. The normalized spacial score (nSPS) is 10.8. The number of nitrogens with zero attached hydrogens (tertiary/aromatic N) is 3. The van der Waals surface area contributed by atoms with Crippen LogP contribution in [0.25, 0.3) is 5.65 Å². The third-order valence-electron chi connectivity index (χ3n) is 1.42. The van der Waals surface area contributed by atoms with Crippen LogP contribution in [0, 0.1) is 0 Å². The Morgan fingerprint density at radius 3 is 3.08 bits per heavy atom. The van der Waals surface area contributed by atoms with Crippen molar-refractivity contribution in [2.75, 3.05) is 5.73 Å². The number of nitrogens with two attached hydrogens (primary N) is 1. The Morgan fingerprint density at radius 1 is 1.58 bits per heavy atom. The van der Waals surface area contributed by atoms with E-state index >= 15 is 0 Å². The summed E-state index contributed by atoms with van der Waals surface area (Å²) in [6.45, 7) is 0. The van der Waals surface area contributed by atoms with Crippen LogP contribution < -0.4 is 5.73 Å². The summed E-state index contributed by atoms with van der Waals surface area (Å²) in [5, 5.41) is 4.33. The predicted octanol–water partition coefficient (Wildman–Crippen LogP) is 1.73. The number of hydrogen-bond donors (Lipinski definition) is 1. The van der Waals surface area contributed by atoms with Crippen LogP contribution in [0.2, 0.25) is 5.15 Å². The lowest BCUT2D eigenvalue weighted by Crippen LogP contribution is -1.97. The summed E-state index contributed by atoms with van der Waals surface area (Å²) in [5.74, 6) is 0. The molecule has 2 aromatic rings. The van der Waals surface area contributed by atoms with Crippen molar-refractivity contribution in [2.24, 2.45) is 0 Å². The summed E-state index contributed by atoms with van der Waals surface area (Å²) in [5.41, 5.74) is 6.76. The van der Waals surface area contributed by atoms with Gasteiger partial charge in [-0.2, -0.15) is 5.10 Å². The molecule has 2 aromatic heterocycles. The van der Waals surface area contributed by atoms with Crippen molar-refractivity contribution in [3.63, 3.8) is 0 Å². The SMILES string of the molecule is Nc1cc(Cl)nn2c(Br)cnc12. The number of rotatable bonds is 0. The van der Waals surface area contributed by atoms with E-state index in [1.807, 2.05) is 0 Å². The molecule has 6 heteroatoms. The standard InChI is InChI=1S/C6H4BrClN4/c7-4-2-10-6-3(9)1-5(8)11-12(4)6/h1-2H,9H2. The van der Waals surface area contributed by atoms with Crippen molar-refractivity contribution in [3.05, 3.63) is 22.0 Å². The largest absolute Gasteiger partial charge is 0.396 e. The molecule has 0 unspecified atom stereocenters. The Kier molecular flexibility index (Phi) is 1.69. The quantitative estimate of drug-likeness (QED) is 0.771. The first-order valence-electron chi connectivity index (χ1n) is 3.14. The van der Waals surface area contributed by atoms with Gasteiger partial charge in [0.2, 0.25) is 0 Å². The third-order valence-corrected chi connectivity index (χ3v) is 2.15. The van der Waals surface area contributed by atoms with Crippen LogP contribution in [-0.2, 0) is 0 Å². The zero-order valence-electron chi connectivity index (χ0n) is 5.83. The van der Waals surface area contributed by atoms with Crippen molar-refractivity contribution in [1.82, 2.24) is 14.6 Å². The van der Waals surface area contributed by atoms with Gasteiger partial charge >= 0.3 is 0 Å². The highest BCUT2D eigenvalue weighted by molar-refractivity contribution is 9.10. The van der Waals surface area contributed by atoms with E-state index in [2.05, 4.69) is 26.0 Å². The first-order chi connectivity index (χ1) is 5.68. The van der Waals surface area contributed by atoms with Crippen LogP contribution >= 0.6 is 27.5 Å². The minimum absolute atomic E-state index is 0.346. The first-order valence-corrected chi connectivity index (χ1v) is 4.31. The molecule has 0 saturated carbocycles. The molecule has 0 fully saturated rings. The highest BCUT2D eigenvalue weighted by Crippen LogP contribution is 2.19. The van der Waals surface area contributed by atoms with Crippen molar-refractivity contribution < 1.29 is 0 Å². The van der Waals surface area contributed by atoms with Gasteiger partial charge in [-0.25, -0.2) is 9.50 Å². The fourth-order valence-electron chi connectivity index (χ4n) is 0.934. The number of hydrogen-bond acceptors (Lipinski definition) is 3. The topological polar surface area (TPSA) is 56.2 Å². The average Bonchev–Trinajstić information content (AvgIpc) is 2.33. The lowest BCUT2D eigenvalue weighted by Gasteiger charge is -1.97.